The number of hydrogen-bond donors (Lipinski definition) is 0. The fourth-order valence-electron chi connectivity index (χ4n) is 2.45. The molecule has 1 aliphatic rings. The number of amides is 1. The molecule has 1 heterocycles. The second kappa shape index (κ2) is 5.49. The number of hydrazine groups is 1. The number of carbonyl (C=O) groups is 1. The van der Waals surface area contributed by atoms with Crippen LogP contribution in [0.1, 0.15) is 13.8 Å². The highest BCUT2D eigenvalue weighted by Gasteiger charge is 2.55. The molecule has 1 aromatic rings. The molecule has 1 fully saturated rings. The van der Waals surface area contributed by atoms with Gasteiger partial charge in [-0.1, -0.05) is 29.3 Å². The van der Waals surface area contributed by atoms with Crippen LogP contribution in [0.2, 0.25) is 0 Å². The SMILES string of the molecule is CN1C(=O)C(Cl)(Cl)C(C(C)(C)Cl)CN1c1cccc(F)c1. The Balaban J connectivity index is 2.43. The standard InChI is InChI=1S/C14H16Cl3FN2O/c1-13(2,15)11-8-20(10-6-4-5-9(18)7-10)19(3)12(21)14(11,16)17/h4-7,11H,8H2,1-3H3. The van der Waals surface area contributed by atoms with Gasteiger partial charge in [0.05, 0.1) is 5.69 Å². The fourth-order valence-corrected chi connectivity index (χ4v) is 3.72. The third-order valence-electron chi connectivity index (χ3n) is 3.67. The maximum atomic E-state index is 13.4. The van der Waals surface area contributed by atoms with Crippen molar-refractivity contribution in [3.05, 3.63) is 30.1 Å². The minimum Gasteiger partial charge on any atom is -0.283 e. The molecule has 0 radical (unpaired) electrons. The van der Waals surface area contributed by atoms with Crippen LogP contribution in [0.4, 0.5) is 10.1 Å². The molecule has 1 amide bonds. The Morgan fingerprint density at radius 1 is 1.38 bits per heavy atom. The molecule has 21 heavy (non-hydrogen) atoms. The van der Waals surface area contributed by atoms with Crippen LogP contribution in [0.5, 0.6) is 0 Å². The van der Waals surface area contributed by atoms with Gasteiger partial charge in [-0.3, -0.25) is 14.8 Å². The second-order valence-electron chi connectivity index (χ2n) is 5.63. The van der Waals surface area contributed by atoms with Crippen LogP contribution in [0, 0.1) is 11.7 Å². The molecule has 3 nitrogen and oxygen atoms in total. The average molecular weight is 354 g/mol. The first-order valence-corrected chi connectivity index (χ1v) is 7.56. The predicted molar refractivity (Wildman–Crippen MR) is 84.4 cm³/mol. The molecule has 1 aliphatic heterocycles. The smallest absolute Gasteiger partial charge is 0.277 e. The zero-order valence-corrected chi connectivity index (χ0v) is 14.2. The topological polar surface area (TPSA) is 23.6 Å². The van der Waals surface area contributed by atoms with Crippen molar-refractivity contribution in [3.63, 3.8) is 0 Å². The summed E-state index contributed by atoms with van der Waals surface area (Å²) in [7, 11) is 1.55. The molecule has 1 atom stereocenters. The van der Waals surface area contributed by atoms with E-state index in [1.54, 1.807) is 38.0 Å². The van der Waals surface area contributed by atoms with Gasteiger partial charge in [0, 0.05) is 24.4 Å². The Bertz CT molecular complexity index is 559. The Morgan fingerprint density at radius 3 is 2.52 bits per heavy atom. The van der Waals surface area contributed by atoms with E-state index >= 15 is 0 Å². The molecule has 0 spiro atoms. The minimum atomic E-state index is -1.62. The Hall–Kier alpha value is -0.710. The molecule has 1 aromatic carbocycles. The third-order valence-corrected chi connectivity index (χ3v) is 4.78. The zero-order chi connectivity index (χ0) is 16.0. The van der Waals surface area contributed by atoms with E-state index in [0.29, 0.717) is 12.2 Å². The first-order valence-electron chi connectivity index (χ1n) is 6.43. The summed E-state index contributed by atoms with van der Waals surface area (Å²) in [5, 5.41) is 2.93. The van der Waals surface area contributed by atoms with Crippen LogP contribution >= 0.6 is 34.8 Å². The van der Waals surface area contributed by atoms with Gasteiger partial charge in [-0.05, 0) is 32.0 Å². The summed E-state index contributed by atoms with van der Waals surface area (Å²) >= 11 is 18.8. The summed E-state index contributed by atoms with van der Waals surface area (Å²) in [5.74, 6) is -1.40. The molecule has 1 unspecified atom stereocenters. The monoisotopic (exact) mass is 352 g/mol. The van der Waals surface area contributed by atoms with Crippen molar-refractivity contribution in [2.45, 2.75) is 23.1 Å². The lowest BCUT2D eigenvalue weighted by molar-refractivity contribution is -0.135. The van der Waals surface area contributed by atoms with Crippen molar-refractivity contribution >= 4 is 46.4 Å². The lowest BCUT2D eigenvalue weighted by atomic mass is 9.88. The molecule has 0 bridgehead atoms. The van der Waals surface area contributed by atoms with Gasteiger partial charge < -0.3 is 0 Å². The predicted octanol–water partition coefficient (Wildman–Crippen LogP) is 3.83. The van der Waals surface area contributed by atoms with Crippen molar-refractivity contribution in [1.29, 1.82) is 0 Å². The van der Waals surface area contributed by atoms with E-state index in [1.807, 2.05) is 0 Å². The average Bonchev–Trinajstić information content (AvgIpc) is 2.34. The molecule has 0 saturated carbocycles. The summed E-state index contributed by atoms with van der Waals surface area (Å²) in [6.07, 6.45) is 0. The van der Waals surface area contributed by atoms with E-state index in [1.165, 1.54) is 17.1 Å². The van der Waals surface area contributed by atoms with Crippen molar-refractivity contribution in [1.82, 2.24) is 5.01 Å². The van der Waals surface area contributed by atoms with E-state index in [4.69, 9.17) is 34.8 Å². The van der Waals surface area contributed by atoms with Crippen LogP contribution in [0.25, 0.3) is 0 Å². The Labute approximate surface area is 138 Å². The molecule has 0 aromatic heterocycles. The van der Waals surface area contributed by atoms with Gasteiger partial charge in [0.15, 0.2) is 0 Å². The Kier molecular flexibility index (Phi) is 4.35. The number of hydrogen-bond acceptors (Lipinski definition) is 2. The van der Waals surface area contributed by atoms with Crippen molar-refractivity contribution < 1.29 is 9.18 Å². The highest BCUT2D eigenvalue weighted by molar-refractivity contribution is 6.58. The second-order valence-corrected chi connectivity index (χ2v) is 7.99. The van der Waals surface area contributed by atoms with E-state index < -0.39 is 21.0 Å². The summed E-state index contributed by atoms with van der Waals surface area (Å²) in [4.78, 5) is 11.6. The normalized spacial score (nSPS) is 22.6. The van der Waals surface area contributed by atoms with Gasteiger partial charge >= 0.3 is 0 Å². The van der Waals surface area contributed by atoms with Gasteiger partial charge in [0.1, 0.15) is 5.82 Å². The molecule has 0 aliphatic carbocycles. The van der Waals surface area contributed by atoms with Crippen LogP contribution in [-0.4, -0.2) is 33.7 Å². The van der Waals surface area contributed by atoms with Crippen molar-refractivity contribution in [2.75, 3.05) is 18.6 Å². The van der Waals surface area contributed by atoms with Crippen LogP contribution < -0.4 is 5.01 Å². The Morgan fingerprint density at radius 2 is 2.00 bits per heavy atom. The molecular formula is C14H16Cl3FN2O. The van der Waals surface area contributed by atoms with E-state index in [9.17, 15) is 9.18 Å². The van der Waals surface area contributed by atoms with Gasteiger partial charge in [0.2, 0.25) is 4.33 Å². The van der Waals surface area contributed by atoms with Gasteiger partial charge in [0.25, 0.3) is 5.91 Å². The summed E-state index contributed by atoms with van der Waals surface area (Å²) in [5.41, 5.74) is 0.542. The van der Waals surface area contributed by atoms with Gasteiger partial charge in [-0.25, -0.2) is 4.39 Å². The third kappa shape index (κ3) is 3.08. The molecule has 7 heteroatoms. The van der Waals surface area contributed by atoms with Crippen molar-refractivity contribution in [3.8, 4) is 0 Å². The maximum absolute atomic E-state index is 13.4. The van der Waals surface area contributed by atoms with Crippen molar-refractivity contribution in [2.24, 2.45) is 5.92 Å². The first kappa shape index (κ1) is 16.7. The zero-order valence-electron chi connectivity index (χ0n) is 11.9. The summed E-state index contributed by atoms with van der Waals surface area (Å²) in [6.45, 7) is 3.80. The number of benzene rings is 1. The lowest BCUT2D eigenvalue weighted by Crippen LogP contribution is -2.64. The quantitative estimate of drug-likeness (QED) is 0.755. The minimum absolute atomic E-state index is 0.301. The number of nitrogens with zero attached hydrogens (tertiary/aromatic N) is 2. The number of anilines is 1. The van der Waals surface area contributed by atoms with E-state index in [2.05, 4.69) is 0 Å². The fraction of sp³-hybridized carbons (Fsp3) is 0.500. The number of alkyl halides is 3. The number of carbonyl (C=O) groups excluding carboxylic acids is 1. The van der Waals surface area contributed by atoms with Gasteiger partial charge in [-0.2, -0.15) is 0 Å². The maximum Gasteiger partial charge on any atom is 0.277 e. The van der Waals surface area contributed by atoms with Crippen LogP contribution in [0.3, 0.4) is 0 Å². The van der Waals surface area contributed by atoms with E-state index in [0.717, 1.165) is 0 Å². The largest absolute Gasteiger partial charge is 0.283 e. The highest BCUT2D eigenvalue weighted by atomic mass is 35.5. The molecular weight excluding hydrogens is 338 g/mol. The van der Waals surface area contributed by atoms with Crippen LogP contribution in [0.15, 0.2) is 24.3 Å². The summed E-state index contributed by atoms with van der Waals surface area (Å²) in [6, 6.07) is 5.97. The highest BCUT2D eigenvalue weighted by Crippen LogP contribution is 2.46. The van der Waals surface area contributed by atoms with Crippen LogP contribution in [-0.2, 0) is 4.79 Å². The number of halogens is 4. The lowest BCUT2D eigenvalue weighted by Gasteiger charge is -2.49. The molecule has 0 N–H and O–H groups in total. The van der Waals surface area contributed by atoms with E-state index in [-0.39, 0.29) is 5.82 Å². The first-order chi connectivity index (χ1) is 9.55. The molecule has 2 rings (SSSR count). The number of rotatable bonds is 2. The van der Waals surface area contributed by atoms with Gasteiger partial charge in [-0.15, -0.1) is 11.6 Å². The molecule has 116 valence electrons. The molecule has 1 saturated heterocycles. The summed E-state index contributed by atoms with van der Waals surface area (Å²) < 4.78 is 11.8.